The first-order valence-corrected chi connectivity index (χ1v) is 5.79. The molecule has 1 aromatic carbocycles. The molecule has 4 heteroatoms. The summed E-state index contributed by atoms with van der Waals surface area (Å²) in [6, 6.07) is 8.49. The van der Waals surface area contributed by atoms with Crippen molar-refractivity contribution < 1.29 is 4.79 Å². The number of nitrogens with zero attached hydrogens (tertiary/aromatic N) is 1. The number of halogens is 2. The second kappa shape index (κ2) is 5.30. The van der Waals surface area contributed by atoms with Crippen LogP contribution < -0.4 is 0 Å². The van der Waals surface area contributed by atoms with Crippen molar-refractivity contribution >= 4 is 29.0 Å². The minimum absolute atomic E-state index is 0.0298. The van der Waals surface area contributed by atoms with Crippen LogP contribution in [0.5, 0.6) is 0 Å². The molecule has 2 aromatic rings. The maximum Gasteiger partial charge on any atom is 0.168 e. The van der Waals surface area contributed by atoms with E-state index in [2.05, 4.69) is 4.98 Å². The van der Waals surface area contributed by atoms with Gasteiger partial charge in [0, 0.05) is 29.4 Å². The summed E-state index contributed by atoms with van der Waals surface area (Å²) in [4.78, 5) is 15.9. The maximum absolute atomic E-state index is 12.0. The number of carbonyl (C=O) groups is 1. The quantitative estimate of drug-likeness (QED) is 0.790. The lowest BCUT2D eigenvalue weighted by Gasteiger charge is -2.04. The van der Waals surface area contributed by atoms with E-state index in [1.165, 1.54) is 0 Å². The van der Waals surface area contributed by atoms with Crippen LogP contribution in [-0.2, 0) is 6.42 Å². The van der Waals surface area contributed by atoms with Gasteiger partial charge in [0.25, 0.3) is 0 Å². The normalized spacial score (nSPS) is 10.2. The van der Waals surface area contributed by atoms with Crippen LogP contribution in [-0.4, -0.2) is 10.8 Å². The molecule has 0 amide bonds. The number of rotatable bonds is 3. The zero-order valence-electron chi connectivity index (χ0n) is 8.86. The number of hydrogen-bond acceptors (Lipinski definition) is 2. The van der Waals surface area contributed by atoms with Crippen molar-refractivity contribution in [1.82, 2.24) is 4.98 Å². The van der Waals surface area contributed by atoms with Crippen molar-refractivity contribution in [1.29, 1.82) is 0 Å². The molecule has 0 saturated carbocycles. The van der Waals surface area contributed by atoms with Gasteiger partial charge in [-0.05, 0) is 35.9 Å². The number of hydrogen-bond donors (Lipinski definition) is 0. The molecule has 0 aliphatic rings. The Hall–Kier alpha value is -1.38. The predicted molar refractivity (Wildman–Crippen MR) is 68.7 cm³/mol. The largest absolute Gasteiger partial charge is 0.294 e. The van der Waals surface area contributed by atoms with Gasteiger partial charge in [-0.15, -0.1) is 0 Å². The van der Waals surface area contributed by atoms with E-state index in [9.17, 15) is 4.79 Å². The lowest BCUT2D eigenvalue weighted by Crippen LogP contribution is -2.04. The van der Waals surface area contributed by atoms with Gasteiger partial charge in [0.15, 0.2) is 5.78 Å². The Balaban J connectivity index is 2.21. The van der Waals surface area contributed by atoms with Gasteiger partial charge in [-0.2, -0.15) is 0 Å². The van der Waals surface area contributed by atoms with Crippen LogP contribution in [0.2, 0.25) is 10.0 Å². The van der Waals surface area contributed by atoms with E-state index in [0.29, 0.717) is 22.0 Å². The van der Waals surface area contributed by atoms with E-state index in [4.69, 9.17) is 23.2 Å². The molecule has 0 bridgehead atoms. The molecule has 0 aliphatic carbocycles. The van der Waals surface area contributed by atoms with E-state index in [1.807, 2.05) is 12.1 Å². The Morgan fingerprint density at radius 1 is 1.12 bits per heavy atom. The Morgan fingerprint density at radius 3 is 2.47 bits per heavy atom. The van der Waals surface area contributed by atoms with Crippen molar-refractivity contribution in [3.63, 3.8) is 0 Å². The van der Waals surface area contributed by atoms with E-state index in [1.54, 1.807) is 30.6 Å². The van der Waals surface area contributed by atoms with Gasteiger partial charge in [-0.3, -0.25) is 9.78 Å². The number of benzene rings is 1. The summed E-state index contributed by atoms with van der Waals surface area (Å²) in [6.07, 6.45) is 3.63. The van der Waals surface area contributed by atoms with Crippen molar-refractivity contribution in [2.75, 3.05) is 0 Å². The van der Waals surface area contributed by atoms with Gasteiger partial charge in [0.05, 0.1) is 5.02 Å². The van der Waals surface area contributed by atoms with Crippen LogP contribution in [0, 0.1) is 0 Å². The highest BCUT2D eigenvalue weighted by molar-refractivity contribution is 6.36. The molecule has 0 saturated heterocycles. The Bertz CT molecular complexity index is 540. The molecular weight excluding hydrogens is 257 g/mol. The Morgan fingerprint density at radius 2 is 1.82 bits per heavy atom. The average Bonchev–Trinajstić information content (AvgIpc) is 2.30. The summed E-state index contributed by atoms with van der Waals surface area (Å²) in [5.41, 5.74) is 1.41. The summed E-state index contributed by atoms with van der Waals surface area (Å²) in [6.45, 7) is 0. The van der Waals surface area contributed by atoms with Crippen molar-refractivity contribution in [2.45, 2.75) is 6.42 Å². The molecule has 2 rings (SSSR count). The summed E-state index contributed by atoms with van der Waals surface area (Å²) < 4.78 is 0. The third-order valence-electron chi connectivity index (χ3n) is 2.35. The van der Waals surface area contributed by atoms with E-state index >= 15 is 0 Å². The molecule has 1 heterocycles. The highest BCUT2D eigenvalue weighted by atomic mass is 35.5. The van der Waals surface area contributed by atoms with Crippen LogP contribution in [0.25, 0.3) is 0 Å². The first-order valence-electron chi connectivity index (χ1n) is 5.04. The Labute approximate surface area is 109 Å². The number of aromatic nitrogens is 1. The minimum Gasteiger partial charge on any atom is -0.294 e. The fraction of sp³-hybridized carbons (Fsp3) is 0.0769. The molecule has 0 radical (unpaired) electrons. The fourth-order valence-corrected chi connectivity index (χ4v) is 2.01. The highest BCUT2D eigenvalue weighted by Crippen LogP contribution is 2.22. The number of ketones is 1. The zero-order chi connectivity index (χ0) is 12.3. The summed E-state index contributed by atoms with van der Waals surface area (Å²) in [5, 5.41) is 0.909. The van der Waals surface area contributed by atoms with Crippen LogP contribution in [0.1, 0.15) is 15.9 Å². The van der Waals surface area contributed by atoms with E-state index in [0.717, 1.165) is 5.56 Å². The molecule has 0 fully saturated rings. The monoisotopic (exact) mass is 265 g/mol. The van der Waals surface area contributed by atoms with Gasteiger partial charge < -0.3 is 0 Å². The SMILES string of the molecule is O=C(Cc1ccncc1)c1ccc(Cl)cc1Cl. The number of Topliss-reactive ketones (excluding diaryl/α,β-unsaturated/α-hetero) is 1. The van der Waals surface area contributed by atoms with Crippen LogP contribution >= 0.6 is 23.2 Å². The van der Waals surface area contributed by atoms with Crippen LogP contribution in [0.15, 0.2) is 42.7 Å². The summed E-state index contributed by atoms with van der Waals surface area (Å²) >= 11 is 11.8. The number of pyridine rings is 1. The first-order chi connectivity index (χ1) is 8.16. The third-order valence-corrected chi connectivity index (χ3v) is 2.89. The minimum atomic E-state index is -0.0298. The molecule has 0 spiro atoms. The highest BCUT2D eigenvalue weighted by Gasteiger charge is 2.11. The lowest BCUT2D eigenvalue weighted by molar-refractivity contribution is 0.0993. The van der Waals surface area contributed by atoms with Crippen LogP contribution in [0.3, 0.4) is 0 Å². The van der Waals surface area contributed by atoms with Gasteiger partial charge in [-0.1, -0.05) is 23.2 Å². The summed E-state index contributed by atoms with van der Waals surface area (Å²) in [7, 11) is 0. The maximum atomic E-state index is 12.0. The molecular formula is C13H9Cl2NO. The molecule has 17 heavy (non-hydrogen) atoms. The molecule has 0 N–H and O–H groups in total. The molecule has 0 aliphatic heterocycles. The third kappa shape index (κ3) is 3.05. The van der Waals surface area contributed by atoms with Gasteiger partial charge in [0.2, 0.25) is 0 Å². The topological polar surface area (TPSA) is 30.0 Å². The zero-order valence-corrected chi connectivity index (χ0v) is 10.4. The van der Waals surface area contributed by atoms with E-state index in [-0.39, 0.29) is 5.78 Å². The lowest BCUT2D eigenvalue weighted by atomic mass is 10.0. The van der Waals surface area contributed by atoms with Gasteiger partial charge >= 0.3 is 0 Å². The average molecular weight is 266 g/mol. The predicted octanol–water partition coefficient (Wildman–Crippen LogP) is 3.81. The molecule has 0 atom stereocenters. The van der Waals surface area contributed by atoms with Crippen molar-refractivity contribution in [3.05, 3.63) is 63.9 Å². The second-order valence-corrected chi connectivity index (χ2v) is 4.42. The second-order valence-electron chi connectivity index (χ2n) is 3.58. The van der Waals surface area contributed by atoms with Crippen molar-refractivity contribution in [3.8, 4) is 0 Å². The molecule has 0 unspecified atom stereocenters. The first kappa shape index (κ1) is 12.1. The molecule has 1 aromatic heterocycles. The molecule has 86 valence electrons. The number of carbonyl (C=O) groups excluding carboxylic acids is 1. The fourth-order valence-electron chi connectivity index (χ4n) is 1.50. The van der Waals surface area contributed by atoms with Crippen LogP contribution in [0.4, 0.5) is 0 Å². The summed E-state index contributed by atoms with van der Waals surface area (Å²) in [5.74, 6) is -0.0298. The standard InChI is InChI=1S/C13H9Cl2NO/c14-10-1-2-11(12(15)8-10)13(17)7-9-3-5-16-6-4-9/h1-6,8H,7H2. The smallest absolute Gasteiger partial charge is 0.168 e. The van der Waals surface area contributed by atoms with E-state index < -0.39 is 0 Å². The van der Waals surface area contributed by atoms with Crippen molar-refractivity contribution in [2.24, 2.45) is 0 Å². The molecule has 2 nitrogen and oxygen atoms in total. The van der Waals surface area contributed by atoms with Gasteiger partial charge in [0.1, 0.15) is 0 Å². The van der Waals surface area contributed by atoms with Gasteiger partial charge in [-0.25, -0.2) is 0 Å². The Kier molecular flexibility index (Phi) is 3.77.